The van der Waals surface area contributed by atoms with Gasteiger partial charge in [-0.25, -0.2) is 18.8 Å². The van der Waals surface area contributed by atoms with Crippen LogP contribution in [0.2, 0.25) is 0 Å². The second-order valence-electron chi connectivity index (χ2n) is 8.96. The van der Waals surface area contributed by atoms with E-state index in [1.807, 2.05) is 0 Å². The van der Waals surface area contributed by atoms with E-state index in [-0.39, 0.29) is 11.3 Å². The molecule has 0 amide bonds. The molecule has 0 spiro atoms. The molecular formula is C25H35FN3O10P. The lowest BCUT2D eigenvalue weighted by Gasteiger charge is -2.29. The van der Waals surface area contributed by atoms with Crippen LogP contribution in [0.4, 0.5) is 4.39 Å². The minimum atomic E-state index is -4.22. The Morgan fingerprint density at radius 1 is 1.20 bits per heavy atom. The summed E-state index contributed by atoms with van der Waals surface area (Å²) in [6.45, 7) is 7.82. The van der Waals surface area contributed by atoms with Crippen molar-refractivity contribution < 1.29 is 41.7 Å². The van der Waals surface area contributed by atoms with E-state index in [2.05, 4.69) is 10.1 Å². The predicted octanol–water partition coefficient (Wildman–Crippen LogP) is 2.59. The van der Waals surface area contributed by atoms with E-state index in [1.165, 1.54) is 6.92 Å². The summed E-state index contributed by atoms with van der Waals surface area (Å²) in [5, 5.41) is 2.78. The Labute approximate surface area is 230 Å². The number of hydrogen-bond donors (Lipinski definition) is 2. The Bertz CT molecular complexity index is 1280. The molecule has 1 aliphatic heterocycles. The van der Waals surface area contributed by atoms with Crippen LogP contribution in [0.3, 0.4) is 0 Å². The molecule has 1 aliphatic rings. The number of esters is 1. The fourth-order valence-electron chi connectivity index (χ4n) is 4.02. The van der Waals surface area contributed by atoms with Crippen molar-refractivity contribution in [1.29, 1.82) is 0 Å². The van der Waals surface area contributed by atoms with Gasteiger partial charge in [0.25, 0.3) is 5.56 Å². The Kier molecular flexibility index (Phi) is 11.2. The van der Waals surface area contributed by atoms with E-state index in [1.54, 1.807) is 51.1 Å². The third-order valence-electron chi connectivity index (χ3n) is 5.80. The third kappa shape index (κ3) is 8.09. The van der Waals surface area contributed by atoms with E-state index < -0.39 is 68.5 Å². The van der Waals surface area contributed by atoms with Crippen molar-refractivity contribution in [1.82, 2.24) is 14.6 Å². The maximum absolute atomic E-state index is 15.6. The Balaban J connectivity index is 1.87. The van der Waals surface area contributed by atoms with Gasteiger partial charge in [0.15, 0.2) is 24.8 Å². The Morgan fingerprint density at radius 3 is 2.45 bits per heavy atom. The highest BCUT2D eigenvalue weighted by atomic mass is 31.2. The highest BCUT2D eigenvalue weighted by molar-refractivity contribution is 7.52. The van der Waals surface area contributed by atoms with Crippen LogP contribution in [0, 0.1) is 6.92 Å². The lowest BCUT2D eigenvalue weighted by molar-refractivity contribution is -0.152. The Morgan fingerprint density at radius 2 is 1.85 bits per heavy atom. The zero-order valence-electron chi connectivity index (χ0n) is 22.9. The summed E-state index contributed by atoms with van der Waals surface area (Å²) in [5.74, 6) is -0.589. The number of alkyl halides is 1. The number of benzene rings is 1. The second-order valence-corrected chi connectivity index (χ2v) is 10.7. The molecule has 13 nitrogen and oxygen atoms in total. The summed E-state index contributed by atoms with van der Waals surface area (Å²) in [5.41, 5.74) is -1.42. The number of aromatic nitrogens is 2. The van der Waals surface area contributed by atoms with Crippen molar-refractivity contribution in [2.24, 2.45) is 0 Å². The molecule has 2 heterocycles. The van der Waals surface area contributed by atoms with E-state index in [9.17, 15) is 18.9 Å². The molecule has 1 unspecified atom stereocenters. The van der Waals surface area contributed by atoms with Crippen LogP contribution in [0.1, 0.15) is 39.5 Å². The largest absolute Gasteiger partial charge is 0.459 e. The molecule has 0 saturated carbocycles. The van der Waals surface area contributed by atoms with Crippen LogP contribution in [0.25, 0.3) is 0 Å². The first-order chi connectivity index (χ1) is 19.0. The first-order valence-corrected chi connectivity index (χ1v) is 14.3. The van der Waals surface area contributed by atoms with E-state index in [0.717, 1.165) is 17.7 Å². The van der Waals surface area contributed by atoms with Gasteiger partial charge >= 0.3 is 19.4 Å². The van der Waals surface area contributed by atoms with Gasteiger partial charge < -0.3 is 23.5 Å². The van der Waals surface area contributed by atoms with Crippen molar-refractivity contribution in [2.45, 2.75) is 71.6 Å². The van der Waals surface area contributed by atoms with Crippen LogP contribution in [0.15, 0.2) is 46.1 Å². The van der Waals surface area contributed by atoms with Gasteiger partial charge in [-0.1, -0.05) is 18.2 Å². The summed E-state index contributed by atoms with van der Waals surface area (Å²) < 4.78 is 63.8. The SMILES string of the molecule is CCOC(OCC)[C@H](C)NP(=O)(OC[C@@H]1O[C@H](n2cc(C)c(=O)[nH]c2=O)[C@H](F)[C@H]1OC(C)=O)Oc1ccccc1. The smallest absolute Gasteiger partial charge is 0.456 e. The van der Waals surface area contributed by atoms with Crippen LogP contribution in [0.5, 0.6) is 5.75 Å². The quantitative estimate of drug-likeness (QED) is 0.190. The van der Waals surface area contributed by atoms with Crippen molar-refractivity contribution >= 4 is 13.7 Å². The number of nitrogens with zero attached hydrogens (tertiary/aromatic N) is 1. The van der Waals surface area contributed by atoms with E-state index >= 15 is 4.39 Å². The molecule has 15 heteroatoms. The minimum absolute atomic E-state index is 0.135. The molecule has 2 aromatic rings. The van der Waals surface area contributed by atoms with Gasteiger partial charge in [-0.3, -0.25) is 23.7 Å². The van der Waals surface area contributed by atoms with E-state index in [4.69, 9.17) is 28.0 Å². The van der Waals surface area contributed by atoms with Gasteiger partial charge in [0, 0.05) is 31.9 Å². The number of rotatable bonds is 14. The number of para-hydroxylation sites is 1. The molecule has 2 N–H and O–H groups in total. The minimum Gasteiger partial charge on any atom is -0.456 e. The van der Waals surface area contributed by atoms with Crippen LogP contribution >= 0.6 is 7.75 Å². The van der Waals surface area contributed by atoms with Gasteiger partial charge in [-0.05, 0) is 39.8 Å². The number of ether oxygens (including phenoxy) is 4. The first kappa shape index (κ1) is 31.7. The summed E-state index contributed by atoms with van der Waals surface area (Å²) in [7, 11) is -4.22. The average Bonchev–Trinajstić information content (AvgIpc) is 3.19. The van der Waals surface area contributed by atoms with Gasteiger partial charge in [0.05, 0.1) is 12.6 Å². The van der Waals surface area contributed by atoms with Gasteiger partial charge in [-0.2, -0.15) is 0 Å². The van der Waals surface area contributed by atoms with Gasteiger partial charge in [-0.15, -0.1) is 0 Å². The predicted molar refractivity (Wildman–Crippen MR) is 141 cm³/mol. The maximum atomic E-state index is 15.6. The summed E-state index contributed by atoms with van der Waals surface area (Å²) >= 11 is 0. The zero-order valence-corrected chi connectivity index (χ0v) is 23.8. The number of carbonyl (C=O) groups is 1. The molecule has 1 fully saturated rings. The topological polar surface area (TPSA) is 156 Å². The zero-order chi connectivity index (χ0) is 29.4. The highest BCUT2D eigenvalue weighted by Gasteiger charge is 2.50. The molecule has 1 aromatic heterocycles. The number of H-pyrrole nitrogens is 1. The second kappa shape index (κ2) is 14.2. The molecule has 1 aromatic carbocycles. The number of nitrogens with one attached hydrogen (secondary N) is 2. The third-order valence-corrected chi connectivity index (χ3v) is 7.46. The molecule has 6 atom stereocenters. The number of halogens is 1. The molecule has 0 radical (unpaired) electrons. The number of hydrogen-bond acceptors (Lipinski definition) is 10. The number of aryl methyl sites for hydroxylation is 1. The van der Waals surface area contributed by atoms with Gasteiger partial charge in [0.2, 0.25) is 0 Å². The lowest BCUT2D eigenvalue weighted by Crippen LogP contribution is -2.41. The van der Waals surface area contributed by atoms with Crippen molar-refractivity contribution in [3.05, 3.63) is 62.9 Å². The standard InChI is InChI=1S/C25H35FN3O10P/c1-6-34-24(35-7-2)16(4)28-40(33,39-18-11-9-8-10-12-18)36-14-19-21(37-17(5)30)20(26)23(38-19)29-13-15(3)22(31)27-25(29)32/h8-13,16,19-21,23-24H,6-7,14H2,1-5H3,(H,28,33)(H,27,31,32)/t16-,19-,20+,21-,23-,40?/m0/s1. The number of aromatic amines is 1. The molecule has 0 bridgehead atoms. The molecule has 222 valence electrons. The first-order valence-electron chi connectivity index (χ1n) is 12.8. The average molecular weight is 588 g/mol. The highest BCUT2D eigenvalue weighted by Crippen LogP contribution is 2.46. The normalized spacial score (nSPS) is 23.1. The summed E-state index contributed by atoms with van der Waals surface area (Å²) in [6, 6.07) is 7.53. The fraction of sp³-hybridized carbons (Fsp3) is 0.560. The molecule has 40 heavy (non-hydrogen) atoms. The van der Waals surface area contributed by atoms with Crippen molar-refractivity contribution in [3.63, 3.8) is 0 Å². The van der Waals surface area contributed by atoms with Crippen molar-refractivity contribution in [2.75, 3.05) is 19.8 Å². The molecule has 1 saturated heterocycles. The fourth-order valence-corrected chi connectivity index (χ4v) is 5.56. The molecule has 0 aliphatic carbocycles. The molecular weight excluding hydrogens is 552 g/mol. The lowest BCUT2D eigenvalue weighted by atomic mass is 10.1. The van der Waals surface area contributed by atoms with Crippen LogP contribution in [-0.2, 0) is 32.8 Å². The summed E-state index contributed by atoms with van der Waals surface area (Å²) in [4.78, 5) is 38.0. The maximum Gasteiger partial charge on any atom is 0.459 e. The van der Waals surface area contributed by atoms with Crippen LogP contribution < -0.4 is 20.9 Å². The summed E-state index contributed by atoms with van der Waals surface area (Å²) in [6.07, 6.45) is -6.07. The number of carbonyl (C=O) groups excluding carboxylic acids is 1. The van der Waals surface area contributed by atoms with Crippen LogP contribution in [-0.4, -0.2) is 66.1 Å². The monoisotopic (exact) mass is 587 g/mol. The van der Waals surface area contributed by atoms with Crippen molar-refractivity contribution in [3.8, 4) is 5.75 Å². The van der Waals surface area contributed by atoms with E-state index in [0.29, 0.717) is 13.2 Å². The Hall–Kier alpha value is -2.87. The molecule has 3 rings (SSSR count). The van der Waals surface area contributed by atoms with Gasteiger partial charge in [0.1, 0.15) is 11.9 Å².